The van der Waals surface area contributed by atoms with Gasteiger partial charge in [-0.2, -0.15) is 4.98 Å². The number of rotatable bonds is 4. The van der Waals surface area contributed by atoms with Crippen molar-refractivity contribution >= 4 is 21.7 Å². The first-order valence-corrected chi connectivity index (χ1v) is 7.09. The van der Waals surface area contributed by atoms with Gasteiger partial charge in [0.05, 0.1) is 13.7 Å². The van der Waals surface area contributed by atoms with Crippen LogP contribution >= 0.6 is 15.9 Å². The lowest BCUT2D eigenvalue weighted by molar-refractivity contribution is -0.221. The zero-order valence-electron chi connectivity index (χ0n) is 11.4. The topological polar surface area (TPSA) is 157 Å². The number of aliphatic hydroxyl groups excluding tert-OH is 4. The van der Waals surface area contributed by atoms with Gasteiger partial charge in [-0.05, 0) is 15.9 Å². The van der Waals surface area contributed by atoms with E-state index in [-0.39, 0.29) is 16.3 Å². The third-order valence-corrected chi connectivity index (χ3v) is 3.94. The number of hydrogen-bond acceptors (Lipinski definition) is 9. The number of H-pyrrole nitrogens is 1. The van der Waals surface area contributed by atoms with Gasteiger partial charge in [-0.3, -0.25) is 9.78 Å². The third-order valence-electron chi connectivity index (χ3n) is 3.21. The number of aromatic amines is 1. The Morgan fingerprint density at radius 1 is 1.36 bits per heavy atom. The van der Waals surface area contributed by atoms with Crippen molar-refractivity contribution in [3.8, 4) is 6.01 Å². The smallest absolute Gasteiger partial charge is 0.298 e. The second-order valence-electron chi connectivity index (χ2n) is 4.63. The highest BCUT2D eigenvalue weighted by Gasteiger charge is 2.43. The van der Waals surface area contributed by atoms with Crippen molar-refractivity contribution < 1.29 is 29.9 Å². The highest BCUT2D eigenvalue weighted by molar-refractivity contribution is 9.10. The van der Waals surface area contributed by atoms with E-state index in [9.17, 15) is 20.1 Å². The lowest BCUT2D eigenvalue weighted by Crippen LogP contribution is -2.60. The molecule has 0 amide bonds. The molecule has 0 unspecified atom stereocenters. The van der Waals surface area contributed by atoms with Crippen LogP contribution in [0.5, 0.6) is 6.01 Å². The van der Waals surface area contributed by atoms with Gasteiger partial charge < -0.3 is 35.2 Å². The van der Waals surface area contributed by atoms with E-state index < -0.39 is 42.8 Å². The summed E-state index contributed by atoms with van der Waals surface area (Å²) in [5.74, 6) is 0.00456. The summed E-state index contributed by atoms with van der Waals surface area (Å²) in [7, 11) is 1.31. The number of anilines is 1. The van der Waals surface area contributed by atoms with E-state index in [0.717, 1.165) is 0 Å². The highest BCUT2D eigenvalue weighted by atomic mass is 79.9. The molecule has 1 aromatic heterocycles. The molecule has 11 heteroatoms. The molecular weight excluding hydrogens is 366 g/mol. The number of methoxy groups -OCH3 is 1. The van der Waals surface area contributed by atoms with Crippen LogP contribution in [0.15, 0.2) is 9.27 Å². The third kappa shape index (κ3) is 3.24. The highest BCUT2D eigenvalue weighted by Crippen LogP contribution is 2.25. The van der Waals surface area contributed by atoms with Crippen LogP contribution in [0.4, 0.5) is 5.82 Å². The van der Waals surface area contributed by atoms with Gasteiger partial charge in [-0.15, -0.1) is 0 Å². The number of nitrogens with one attached hydrogen (secondary N) is 2. The summed E-state index contributed by atoms with van der Waals surface area (Å²) in [6.07, 6.45) is -6.78. The molecule has 0 radical (unpaired) electrons. The summed E-state index contributed by atoms with van der Waals surface area (Å²) >= 11 is 3.03. The van der Waals surface area contributed by atoms with Crippen LogP contribution in [0.25, 0.3) is 0 Å². The molecule has 1 saturated heterocycles. The molecule has 1 fully saturated rings. The van der Waals surface area contributed by atoms with E-state index in [2.05, 4.69) is 31.2 Å². The minimum Gasteiger partial charge on any atom is -0.468 e. The van der Waals surface area contributed by atoms with Crippen molar-refractivity contribution in [2.24, 2.45) is 0 Å². The zero-order chi connectivity index (χ0) is 16.4. The number of aliphatic hydroxyl groups is 4. The van der Waals surface area contributed by atoms with Crippen molar-refractivity contribution in [1.29, 1.82) is 0 Å². The maximum absolute atomic E-state index is 11.7. The first-order valence-electron chi connectivity index (χ1n) is 6.30. The van der Waals surface area contributed by atoms with Crippen molar-refractivity contribution in [2.45, 2.75) is 30.6 Å². The van der Waals surface area contributed by atoms with E-state index in [0.29, 0.717) is 0 Å². The van der Waals surface area contributed by atoms with Crippen molar-refractivity contribution in [2.75, 3.05) is 19.0 Å². The maximum atomic E-state index is 11.7. The zero-order valence-corrected chi connectivity index (χ0v) is 13.0. The Bertz CT molecular complexity index is 581. The molecule has 0 bridgehead atoms. The Morgan fingerprint density at radius 3 is 2.64 bits per heavy atom. The largest absolute Gasteiger partial charge is 0.468 e. The Balaban J connectivity index is 2.26. The molecule has 6 N–H and O–H groups in total. The molecule has 0 spiro atoms. The first-order chi connectivity index (χ1) is 10.4. The normalized spacial score (nSPS) is 31.8. The minimum absolute atomic E-state index is 0.00456. The van der Waals surface area contributed by atoms with Gasteiger partial charge in [0.2, 0.25) is 0 Å². The number of nitrogens with zero attached hydrogens (tertiary/aromatic N) is 1. The van der Waals surface area contributed by atoms with E-state index >= 15 is 0 Å². The monoisotopic (exact) mass is 381 g/mol. The van der Waals surface area contributed by atoms with Gasteiger partial charge in [0.25, 0.3) is 11.6 Å². The van der Waals surface area contributed by atoms with Crippen LogP contribution in [0, 0.1) is 0 Å². The summed E-state index contributed by atoms with van der Waals surface area (Å²) in [6.45, 7) is -0.559. The van der Waals surface area contributed by atoms with Crippen LogP contribution in [0.1, 0.15) is 0 Å². The summed E-state index contributed by atoms with van der Waals surface area (Å²) in [6, 6.07) is -0.0692. The van der Waals surface area contributed by atoms with Crippen molar-refractivity contribution in [3.05, 3.63) is 14.8 Å². The quantitative estimate of drug-likeness (QED) is 0.339. The van der Waals surface area contributed by atoms with Crippen LogP contribution in [0.3, 0.4) is 0 Å². The van der Waals surface area contributed by atoms with E-state index in [1.165, 1.54) is 7.11 Å². The first kappa shape index (κ1) is 17.1. The number of hydrogen-bond donors (Lipinski definition) is 6. The van der Waals surface area contributed by atoms with Gasteiger partial charge in [-0.25, -0.2) is 0 Å². The second kappa shape index (κ2) is 6.89. The molecule has 1 aliphatic rings. The van der Waals surface area contributed by atoms with Gasteiger partial charge in [0, 0.05) is 0 Å². The minimum atomic E-state index is -1.54. The van der Waals surface area contributed by atoms with Crippen molar-refractivity contribution in [3.63, 3.8) is 0 Å². The van der Waals surface area contributed by atoms with E-state index in [4.69, 9.17) is 14.6 Å². The standard InChI is InChI=1S/C11H16BrN3O7/c1-21-11-14-8(4(12)9(20)15-11)13-10-7(19)6(18)5(17)3(2-16)22-10/h3,5-7,10,16-19H,2H2,1H3,(H2,13,14,15,20)/t3-,5+,6+,7-,10-/m0/s1. The Hall–Kier alpha value is -1.24. The molecule has 1 aliphatic heterocycles. The summed E-state index contributed by atoms with van der Waals surface area (Å²) in [5, 5.41) is 41.1. The molecule has 124 valence electrons. The van der Waals surface area contributed by atoms with Crippen molar-refractivity contribution in [1.82, 2.24) is 9.97 Å². The molecule has 2 heterocycles. The summed E-state index contributed by atoms with van der Waals surface area (Å²) < 4.78 is 10.1. The van der Waals surface area contributed by atoms with Crippen LogP contribution in [0.2, 0.25) is 0 Å². The fourth-order valence-corrected chi connectivity index (χ4v) is 2.29. The Kier molecular flexibility index (Phi) is 5.36. The Morgan fingerprint density at radius 2 is 2.05 bits per heavy atom. The molecular formula is C11H16BrN3O7. The van der Waals surface area contributed by atoms with Crippen LogP contribution < -0.4 is 15.6 Å². The Labute approximate surface area is 132 Å². The van der Waals surface area contributed by atoms with Gasteiger partial charge in [0.1, 0.15) is 28.9 Å². The molecule has 1 aromatic rings. The SMILES string of the molecule is COc1nc(N[C@H]2O[C@@H](CO)[C@@H](O)[C@@H](O)[C@@H]2O)c(Br)c(=O)[nH]1. The lowest BCUT2D eigenvalue weighted by atomic mass is 9.98. The molecule has 2 rings (SSSR count). The number of aromatic nitrogens is 2. The molecule has 5 atom stereocenters. The van der Waals surface area contributed by atoms with Crippen LogP contribution in [-0.4, -0.2) is 74.8 Å². The fourth-order valence-electron chi connectivity index (χ4n) is 1.99. The average molecular weight is 382 g/mol. The number of ether oxygens (including phenoxy) is 2. The number of halogens is 1. The second-order valence-corrected chi connectivity index (χ2v) is 5.42. The molecule has 0 saturated carbocycles. The van der Waals surface area contributed by atoms with Gasteiger partial charge >= 0.3 is 0 Å². The van der Waals surface area contributed by atoms with Gasteiger partial charge in [0.15, 0.2) is 12.0 Å². The maximum Gasteiger partial charge on any atom is 0.298 e. The molecule has 22 heavy (non-hydrogen) atoms. The van der Waals surface area contributed by atoms with E-state index in [1.54, 1.807) is 0 Å². The summed E-state index contributed by atoms with van der Waals surface area (Å²) in [4.78, 5) is 18.0. The molecule has 0 aromatic carbocycles. The lowest BCUT2D eigenvalue weighted by Gasteiger charge is -2.40. The average Bonchev–Trinajstić information content (AvgIpc) is 2.51. The predicted molar refractivity (Wildman–Crippen MR) is 76.5 cm³/mol. The fraction of sp³-hybridized carbons (Fsp3) is 0.636. The molecule has 10 nitrogen and oxygen atoms in total. The van der Waals surface area contributed by atoms with E-state index in [1.807, 2.05) is 0 Å². The summed E-state index contributed by atoms with van der Waals surface area (Å²) in [5.41, 5.74) is -0.529. The van der Waals surface area contributed by atoms with Crippen LogP contribution in [-0.2, 0) is 4.74 Å². The predicted octanol–water partition coefficient (Wildman–Crippen LogP) is -2.25. The molecule has 0 aliphatic carbocycles. The van der Waals surface area contributed by atoms with Gasteiger partial charge in [-0.1, -0.05) is 0 Å².